The molecule has 8 heteroatoms. The van der Waals surface area contributed by atoms with E-state index in [0.29, 0.717) is 5.56 Å². The summed E-state index contributed by atoms with van der Waals surface area (Å²) >= 11 is 0. The number of aliphatic hydroxyl groups excluding tert-OH is 1. The van der Waals surface area contributed by atoms with Crippen LogP contribution in [0.3, 0.4) is 0 Å². The van der Waals surface area contributed by atoms with Crippen molar-refractivity contribution in [2.75, 3.05) is 12.3 Å². The minimum atomic E-state index is -1.82. The molecule has 0 bridgehead atoms. The molecule has 2 heterocycles. The van der Waals surface area contributed by atoms with Crippen molar-refractivity contribution in [1.29, 1.82) is 0 Å². The number of aliphatic hydroxyl groups is 1. The van der Waals surface area contributed by atoms with Crippen molar-refractivity contribution in [3.05, 3.63) is 34.1 Å². The van der Waals surface area contributed by atoms with Crippen LogP contribution >= 0.6 is 0 Å². The summed E-state index contributed by atoms with van der Waals surface area (Å²) in [6, 6.07) is 0. The number of rotatable bonds is 2. The minimum Gasteiger partial charge on any atom is -0.394 e. The fourth-order valence-corrected chi connectivity index (χ4v) is 1.89. The quantitative estimate of drug-likeness (QED) is 0.804. The summed E-state index contributed by atoms with van der Waals surface area (Å²) in [4.78, 5) is 15.2. The van der Waals surface area contributed by atoms with Crippen molar-refractivity contribution in [2.45, 2.75) is 25.4 Å². The molecule has 3 N–H and O–H groups in total. The van der Waals surface area contributed by atoms with Crippen LogP contribution in [0.1, 0.15) is 11.8 Å². The number of nitrogens with zero attached hydrogens (tertiary/aromatic N) is 2. The fraction of sp³-hybridized carbons (Fsp3) is 0.455. The van der Waals surface area contributed by atoms with Gasteiger partial charge in [-0.3, -0.25) is 4.57 Å². The van der Waals surface area contributed by atoms with Gasteiger partial charge in [0.05, 0.1) is 12.9 Å². The smallest absolute Gasteiger partial charge is 0.351 e. The van der Waals surface area contributed by atoms with Crippen LogP contribution in [0.25, 0.3) is 0 Å². The highest BCUT2D eigenvalue weighted by atomic mass is 19.1. The first-order chi connectivity index (χ1) is 8.99. The Balaban J connectivity index is 2.47. The lowest BCUT2D eigenvalue weighted by Gasteiger charge is -2.15. The van der Waals surface area contributed by atoms with Crippen LogP contribution < -0.4 is 11.4 Å². The summed E-state index contributed by atoms with van der Waals surface area (Å²) < 4.78 is 32.6. The van der Waals surface area contributed by atoms with E-state index in [1.165, 1.54) is 6.20 Å². The van der Waals surface area contributed by atoms with Gasteiger partial charge in [-0.05, 0) is 6.92 Å². The standard InChI is InChI=1S/C11H13F2N3O3/c1-5-3-16(11(18)15-9(5)14)10-6(2-12)8(13)7(4-17)19-10/h2-3,7-8,10,17H,4H2,1H3,(H2,14,15,18)/b6-2+. The lowest BCUT2D eigenvalue weighted by atomic mass is 10.1. The first-order valence-electron chi connectivity index (χ1n) is 5.55. The summed E-state index contributed by atoms with van der Waals surface area (Å²) in [5.74, 6) is 0.0422. The van der Waals surface area contributed by atoms with Gasteiger partial charge in [0.15, 0.2) is 12.4 Å². The Morgan fingerprint density at radius 1 is 1.68 bits per heavy atom. The van der Waals surface area contributed by atoms with Gasteiger partial charge >= 0.3 is 5.69 Å². The summed E-state index contributed by atoms with van der Waals surface area (Å²) in [6.07, 6.45) is -2.94. The fourth-order valence-electron chi connectivity index (χ4n) is 1.89. The van der Waals surface area contributed by atoms with E-state index in [0.717, 1.165) is 4.57 Å². The maximum Gasteiger partial charge on any atom is 0.351 e. The second-order valence-electron chi connectivity index (χ2n) is 4.22. The third-order valence-electron chi connectivity index (χ3n) is 2.97. The third kappa shape index (κ3) is 2.24. The third-order valence-corrected chi connectivity index (χ3v) is 2.97. The van der Waals surface area contributed by atoms with E-state index in [-0.39, 0.29) is 17.7 Å². The topological polar surface area (TPSA) is 90.4 Å². The number of nitrogen functional groups attached to an aromatic ring is 1. The number of ether oxygens (including phenoxy) is 1. The maximum atomic E-state index is 13.7. The van der Waals surface area contributed by atoms with Gasteiger partial charge < -0.3 is 15.6 Å². The monoisotopic (exact) mass is 273 g/mol. The molecular weight excluding hydrogens is 260 g/mol. The van der Waals surface area contributed by atoms with Crippen molar-refractivity contribution in [3.63, 3.8) is 0 Å². The Hall–Kier alpha value is -1.80. The van der Waals surface area contributed by atoms with E-state index in [2.05, 4.69) is 4.98 Å². The van der Waals surface area contributed by atoms with E-state index < -0.39 is 30.8 Å². The van der Waals surface area contributed by atoms with E-state index in [1.54, 1.807) is 6.92 Å². The molecule has 0 radical (unpaired) electrons. The van der Waals surface area contributed by atoms with E-state index in [1.807, 2.05) is 0 Å². The predicted molar refractivity (Wildman–Crippen MR) is 62.7 cm³/mol. The van der Waals surface area contributed by atoms with E-state index >= 15 is 0 Å². The molecule has 0 spiro atoms. The number of hydrogen-bond donors (Lipinski definition) is 2. The molecular formula is C11H13F2N3O3. The van der Waals surface area contributed by atoms with Crippen molar-refractivity contribution in [2.24, 2.45) is 0 Å². The molecule has 1 aliphatic heterocycles. The average Bonchev–Trinajstić information content (AvgIpc) is 2.70. The van der Waals surface area contributed by atoms with Crippen LogP contribution in [0.2, 0.25) is 0 Å². The zero-order valence-electron chi connectivity index (χ0n) is 10.1. The molecule has 0 amide bonds. The molecule has 1 aliphatic rings. The average molecular weight is 273 g/mol. The highest BCUT2D eigenvalue weighted by molar-refractivity contribution is 5.35. The number of aromatic nitrogens is 2. The van der Waals surface area contributed by atoms with Crippen LogP contribution in [0.4, 0.5) is 14.6 Å². The van der Waals surface area contributed by atoms with Crippen LogP contribution in [0.15, 0.2) is 22.9 Å². The number of aryl methyl sites for hydroxylation is 1. The molecule has 2 rings (SSSR count). The van der Waals surface area contributed by atoms with Crippen LogP contribution in [0.5, 0.6) is 0 Å². The lowest BCUT2D eigenvalue weighted by molar-refractivity contribution is -0.0322. The Morgan fingerprint density at radius 3 is 2.95 bits per heavy atom. The van der Waals surface area contributed by atoms with Crippen molar-refractivity contribution in [1.82, 2.24) is 9.55 Å². The molecule has 0 saturated carbocycles. The zero-order chi connectivity index (χ0) is 14.2. The number of hydrogen-bond acceptors (Lipinski definition) is 5. The SMILES string of the molecule is Cc1cn(C2OC(CO)C(F)/C2=C\F)c(=O)nc1N. The highest BCUT2D eigenvalue weighted by Gasteiger charge is 2.41. The van der Waals surface area contributed by atoms with E-state index in [4.69, 9.17) is 15.6 Å². The van der Waals surface area contributed by atoms with Crippen LogP contribution in [0, 0.1) is 6.92 Å². The number of halogens is 2. The zero-order valence-corrected chi connectivity index (χ0v) is 10.1. The highest BCUT2D eigenvalue weighted by Crippen LogP contribution is 2.35. The van der Waals surface area contributed by atoms with Crippen LogP contribution in [-0.2, 0) is 4.74 Å². The summed E-state index contributed by atoms with van der Waals surface area (Å²) in [5, 5.41) is 8.94. The van der Waals surface area contributed by atoms with Gasteiger partial charge in [0, 0.05) is 17.3 Å². The second kappa shape index (κ2) is 5.06. The van der Waals surface area contributed by atoms with Gasteiger partial charge in [0.1, 0.15) is 11.9 Å². The predicted octanol–water partition coefficient (Wildman–Crippen LogP) is 0.215. The summed E-state index contributed by atoms with van der Waals surface area (Å²) in [7, 11) is 0. The number of anilines is 1. The van der Waals surface area contributed by atoms with Gasteiger partial charge in [-0.2, -0.15) is 4.98 Å². The number of alkyl halides is 1. The molecule has 3 atom stereocenters. The normalized spacial score (nSPS) is 29.1. The summed E-state index contributed by atoms with van der Waals surface area (Å²) in [5.41, 5.74) is 4.80. The Kier molecular flexibility index (Phi) is 3.63. The number of nitrogens with two attached hydrogens (primary N) is 1. The van der Waals surface area contributed by atoms with Crippen LogP contribution in [-0.4, -0.2) is 33.5 Å². The molecule has 3 unspecified atom stereocenters. The Morgan fingerprint density at radius 2 is 2.37 bits per heavy atom. The second-order valence-corrected chi connectivity index (χ2v) is 4.22. The van der Waals surface area contributed by atoms with Gasteiger partial charge in [0.25, 0.3) is 0 Å². The molecule has 6 nitrogen and oxygen atoms in total. The molecule has 1 saturated heterocycles. The summed E-state index contributed by atoms with van der Waals surface area (Å²) in [6.45, 7) is 0.980. The van der Waals surface area contributed by atoms with Gasteiger partial charge in [-0.25, -0.2) is 13.6 Å². The van der Waals surface area contributed by atoms with Crippen molar-refractivity contribution in [3.8, 4) is 0 Å². The van der Waals surface area contributed by atoms with Gasteiger partial charge in [-0.1, -0.05) is 0 Å². The largest absolute Gasteiger partial charge is 0.394 e. The first kappa shape index (κ1) is 13.6. The molecule has 0 aromatic carbocycles. The molecule has 0 aliphatic carbocycles. The Labute approximate surface area is 107 Å². The lowest BCUT2D eigenvalue weighted by Crippen LogP contribution is -2.29. The maximum absolute atomic E-state index is 13.7. The first-order valence-corrected chi connectivity index (χ1v) is 5.55. The van der Waals surface area contributed by atoms with E-state index in [9.17, 15) is 13.6 Å². The molecule has 1 fully saturated rings. The molecule has 19 heavy (non-hydrogen) atoms. The molecule has 104 valence electrons. The van der Waals surface area contributed by atoms with Crippen molar-refractivity contribution >= 4 is 5.82 Å². The van der Waals surface area contributed by atoms with Gasteiger partial charge in [0.2, 0.25) is 0 Å². The Bertz CT molecular complexity index is 573. The van der Waals surface area contributed by atoms with Crippen molar-refractivity contribution < 1.29 is 18.6 Å². The molecule has 1 aromatic heterocycles. The molecule has 1 aromatic rings. The van der Waals surface area contributed by atoms with Gasteiger partial charge in [-0.15, -0.1) is 0 Å². The minimum absolute atomic E-state index is 0.0422.